The van der Waals surface area contributed by atoms with E-state index >= 15 is 0 Å². The lowest BCUT2D eigenvalue weighted by molar-refractivity contribution is -0.119. The van der Waals surface area contributed by atoms with E-state index in [1.807, 2.05) is 60.8 Å². The molecule has 3 aromatic rings. The van der Waals surface area contributed by atoms with Crippen LogP contribution in [0.5, 0.6) is 0 Å². The Labute approximate surface area is 168 Å². The maximum absolute atomic E-state index is 12.3. The molecule has 28 heavy (non-hydrogen) atoms. The summed E-state index contributed by atoms with van der Waals surface area (Å²) in [5.74, 6) is -0.0818. The van der Waals surface area contributed by atoms with E-state index in [4.69, 9.17) is 0 Å². The van der Waals surface area contributed by atoms with Crippen molar-refractivity contribution < 1.29 is 9.59 Å². The van der Waals surface area contributed by atoms with Gasteiger partial charge >= 0.3 is 0 Å². The Kier molecular flexibility index (Phi) is 6.55. The Morgan fingerprint density at radius 2 is 1.82 bits per heavy atom. The third-order valence-corrected chi connectivity index (χ3v) is 5.17. The molecule has 2 amide bonds. The second-order valence-electron chi connectivity index (χ2n) is 6.60. The quantitative estimate of drug-likeness (QED) is 0.638. The number of benzene rings is 2. The minimum atomic E-state index is -0.0662. The summed E-state index contributed by atoms with van der Waals surface area (Å²) in [6.45, 7) is 4.12. The molecule has 3 rings (SSSR count). The molecule has 0 aliphatic carbocycles. The highest BCUT2D eigenvalue weighted by Crippen LogP contribution is 2.23. The first-order valence-electron chi connectivity index (χ1n) is 9.15. The van der Waals surface area contributed by atoms with E-state index < -0.39 is 0 Å². The largest absolute Gasteiger partial charge is 0.356 e. The van der Waals surface area contributed by atoms with E-state index in [9.17, 15) is 9.59 Å². The molecular weight excluding hydrogens is 370 g/mol. The lowest BCUT2D eigenvalue weighted by Gasteiger charge is -2.06. The number of para-hydroxylation sites is 1. The van der Waals surface area contributed by atoms with Gasteiger partial charge in [-0.1, -0.05) is 42.5 Å². The van der Waals surface area contributed by atoms with E-state index in [-0.39, 0.29) is 18.2 Å². The molecule has 0 unspecified atom stereocenters. The van der Waals surface area contributed by atoms with Crippen LogP contribution in [0, 0.1) is 6.92 Å². The number of anilines is 1. The average Bonchev–Trinajstić information content (AvgIpc) is 3.12. The van der Waals surface area contributed by atoms with Crippen LogP contribution < -0.4 is 10.6 Å². The molecular formula is C22H23N3O2S. The van der Waals surface area contributed by atoms with Gasteiger partial charge in [0.1, 0.15) is 5.01 Å². The van der Waals surface area contributed by atoms with E-state index in [1.165, 1.54) is 18.3 Å². The zero-order valence-electron chi connectivity index (χ0n) is 16.0. The second kappa shape index (κ2) is 9.28. The minimum Gasteiger partial charge on any atom is -0.356 e. The molecule has 5 nitrogen and oxygen atoms in total. The fourth-order valence-corrected chi connectivity index (χ4v) is 3.60. The van der Waals surface area contributed by atoms with Crippen LogP contribution in [0.1, 0.15) is 23.1 Å². The van der Waals surface area contributed by atoms with Crippen molar-refractivity contribution in [2.24, 2.45) is 0 Å². The van der Waals surface area contributed by atoms with Gasteiger partial charge in [0.2, 0.25) is 11.8 Å². The molecule has 0 saturated carbocycles. The number of thiazole rings is 1. The molecule has 144 valence electrons. The number of rotatable bonds is 7. The summed E-state index contributed by atoms with van der Waals surface area (Å²) >= 11 is 1.49. The first-order valence-corrected chi connectivity index (χ1v) is 10.0. The van der Waals surface area contributed by atoms with E-state index in [2.05, 4.69) is 15.6 Å². The molecule has 0 aliphatic heterocycles. The number of carbonyl (C=O) groups excluding carboxylic acids is 2. The summed E-state index contributed by atoms with van der Waals surface area (Å²) in [6, 6.07) is 15.9. The van der Waals surface area contributed by atoms with Crippen LogP contribution >= 0.6 is 11.3 Å². The minimum absolute atomic E-state index is 0.0157. The molecule has 0 aliphatic rings. The molecule has 0 spiro atoms. The first-order chi connectivity index (χ1) is 13.5. The van der Waals surface area contributed by atoms with Crippen molar-refractivity contribution in [3.8, 4) is 11.3 Å². The fourth-order valence-electron chi connectivity index (χ4n) is 2.79. The third-order valence-electron chi connectivity index (χ3n) is 4.32. The Bertz CT molecular complexity index is 964. The van der Waals surface area contributed by atoms with Crippen LogP contribution in [-0.2, 0) is 22.4 Å². The third kappa shape index (κ3) is 5.50. The number of hydrogen-bond donors (Lipinski definition) is 2. The van der Waals surface area contributed by atoms with Crippen molar-refractivity contribution in [1.29, 1.82) is 0 Å². The van der Waals surface area contributed by atoms with Crippen LogP contribution in [-0.4, -0.2) is 23.3 Å². The standard InChI is InChI=1S/C22H23N3O2S/c1-15-5-3-4-6-19(15)24-21(27)13-22-25-20(14-28-22)18-9-7-17(8-10-18)11-12-23-16(2)26/h3-10,14H,11-13H2,1-2H3,(H,23,26)(H,24,27). The first kappa shape index (κ1) is 19.8. The predicted molar refractivity (Wildman–Crippen MR) is 113 cm³/mol. The van der Waals surface area contributed by atoms with Gasteiger partial charge in [-0.3, -0.25) is 9.59 Å². The molecule has 0 saturated heterocycles. The molecule has 0 radical (unpaired) electrons. The number of hydrogen-bond acceptors (Lipinski definition) is 4. The average molecular weight is 394 g/mol. The topological polar surface area (TPSA) is 71.1 Å². The molecule has 1 aromatic heterocycles. The zero-order valence-corrected chi connectivity index (χ0v) is 16.8. The van der Waals surface area contributed by atoms with Crippen molar-refractivity contribution in [3.05, 3.63) is 70.0 Å². The Morgan fingerprint density at radius 1 is 1.07 bits per heavy atom. The van der Waals surface area contributed by atoms with E-state index in [0.717, 1.165) is 39.5 Å². The normalized spacial score (nSPS) is 10.5. The predicted octanol–water partition coefficient (Wildman–Crippen LogP) is 3.98. The zero-order chi connectivity index (χ0) is 19.9. The highest BCUT2D eigenvalue weighted by atomic mass is 32.1. The van der Waals surface area contributed by atoms with Crippen molar-refractivity contribution in [3.63, 3.8) is 0 Å². The van der Waals surface area contributed by atoms with Gasteiger partial charge in [-0.25, -0.2) is 4.98 Å². The number of nitrogens with zero attached hydrogens (tertiary/aromatic N) is 1. The molecule has 0 atom stereocenters. The summed E-state index contributed by atoms with van der Waals surface area (Å²) in [5, 5.41) is 8.50. The Balaban J connectivity index is 1.58. The number of aryl methyl sites for hydroxylation is 1. The van der Waals surface area contributed by atoms with Crippen molar-refractivity contribution in [1.82, 2.24) is 10.3 Å². The number of nitrogens with one attached hydrogen (secondary N) is 2. The van der Waals surface area contributed by atoms with Crippen LogP contribution in [0.25, 0.3) is 11.3 Å². The summed E-state index contributed by atoms with van der Waals surface area (Å²) in [6.07, 6.45) is 1.05. The van der Waals surface area contributed by atoms with Crippen LogP contribution in [0.15, 0.2) is 53.9 Å². The van der Waals surface area contributed by atoms with E-state index in [1.54, 1.807) is 0 Å². The maximum Gasteiger partial charge on any atom is 0.231 e. The highest BCUT2D eigenvalue weighted by Gasteiger charge is 2.10. The second-order valence-corrected chi connectivity index (χ2v) is 7.54. The molecule has 6 heteroatoms. The molecule has 0 bridgehead atoms. The van der Waals surface area contributed by atoms with Crippen molar-refractivity contribution >= 4 is 28.8 Å². The van der Waals surface area contributed by atoms with Crippen LogP contribution in [0.3, 0.4) is 0 Å². The van der Waals surface area contributed by atoms with Crippen molar-refractivity contribution in [2.75, 3.05) is 11.9 Å². The van der Waals surface area contributed by atoms with Crippen LogP contribution in [0.2, 0.25) is 0 Å². The van der Waals surface area contributed by atoms with E-state index in [0.29, 0.717) is 6.54 Å². The number of carbonyl (C=O) groups is 2. The monoisotopic (exact) mass is 393 g/mol. The lowest BCUT2D eigenvalue weighted by atomic mass is 10.1. The van der Waals surface area contributed by atoms with Gasteiger partial charge in [-0.2, -0.15) is 0 Å². The molecule has 2 N–H and O–H groups in total. The van der Waals surface area contributed by atoms with Gasteiger partial charge in [-0.05, 0) is 30.5 Å². The lowest BCUT2D eigenvalue weighted by Crippen LogP contribution is -2.22. The molecule has 0 fully saturated rings. The molecule has 1 heterocycles. The van der Waals surface area contributed by atoms with Gasteiger partial charge in [-0.15, -0.1) is 11.3 Å². The Morgan fingerprint density at radius 3 is 2.54 bits per heavy atom. The number of aromatic nitrogens is 1. The Hall–Kier alpha value is -2.99. The van der Waals surface area contributed by atoms with Crippen LogP contribution in [0.4, 0.5) is 5.69 Å². The maximum atomic E-state index is 12.3. The van der Waals surface area contributed by atoms with Gasteiger partial charge in [0.05, 0.1) is 12.1 Å². The number of amides is 2. The van der Waals surface area contributed by atoms with Crippen molar-refractivity contribution in [2.45, 2.75) is 26.7 Å². The summed E-state index contributed by atoms with van der Waals surface area (Å²) in [5.41, 5.74) is 4.92. The summed E-state index contributed by atoms with van der Waals surface area (Å²) in [7, 11) is 0. The van der Waals surface area contributed by atoms with Gasteiger partial charge < -0.3 is 10.6 Å². The molecule has 2 aromatic carbocycles. The fraction of sp³-hybridized carbons (Fsp3) is 0.227. The summed E-state index contributed by atoms with van der Waals surface area (Å²) in [4.78, 5) is 27.8. The smallest absolute Gasteiger partial charge is 0.231 e. The van der Waals surface area contributed by atoms with Gasteiger partial charge in [0, 0.05) is 30.1 Å². The SMILES string of the molecule is CC(=O)NCCc1ccc(-c2csc(CC(=O)Nc3ccccc3C)n2)cc1. The summed E-state index contributed by atoms with van der Waals surface area (Å²) < 4.78 is 0. The van der Waals surface area contributed by atoms with Gasteiger partial charge in [0.25, 0.3) is 0 Å². The highest BCUT2D eigenvalue weighted by molar-refractivity contribution is 7.10. The van der Waals surface area contributed by atoms with Gasteiger partial charge in [0.15, 0.2) is 0 Å².